The number of hydrogen-bond donors (Lipinski definition) is 9. The predicted octanol–water partition coefficient (Wildman–Crippen LogP) is -1.29. The Morgan fingerprint density at radius 3 is 2.45 bits per heavy atom. The number of benzene rings is 2. The lowest BCUT2D eigenvalue weighted by atomic mass is 9.83. The molecule has 4 rings (SSSR count). The van der Waals surface area contributed by atoms with Crippen LogP contribution in [0.15, 0.2) is 48.7 Å². The SMILES string of the molecule is C/C=C/NC(=O)[C@H]1NC(=O)[C@H](CC(N)=O)NC(=O)[C@@H](NC(=O)C(=O)[C@@H](C)CC)Cc2ccc(O)c(c2)-c2cccc3c2NC(=O)[C@@]3(O)[C@@H]1O. The summed E-state index contributed by atoms with van der Waals surface area (Å²) in [6.07, 6.45) is -0.553. The molecule has 0 radical (unpaired) electrons. The van der Waals surface area contributed by atoms with Crippen LogP contribution in [0.5, 0.6) is 5.75 Å². The number of carbonyl (C=O) groups is 7. The number of amides is 6. The maximum absolute atomic E-state index is 13.7. The van der Waals surface area contributed by atoms with Crippen molar-refractivity contribution in [3.05, 3.63) is 59.8 Å². The van der Waals surface area contributed by atoms with Crippen LogP contribution in [-0.4, -0.2) is 80.8 Å². The van der Waals surface area contributed by atoms with E-state index in [0.29, 0.717) is 12.0 Å². The maximum Gasteiger partial charge on any atom is 0.288 e. The summed E-state index contributed by atoms with van der Waals surface area (Å²) in [6.45, 7) is 4.79. The van der Waals surface area contributed by atoms with E-state index in [-0.39, 0.29) is 34.5 Å². The van der Waals surface area contributed by atoms with E-state index in [0.717, 1.165) is 6.20 Å². The molecule has 16 heteroatoms. The molecule has 2 aromatic carbocycles. The highest BCUT2D eigenvalue weighted by atomic mass is 16.4. The first-order chi connectivity index (χ1) is 23.1. The lowest BCUT2D eigenvalue weighted by Crippen LogP contribution is -2.64. The van der Waals surface area contributed by atoms with Crippen molar-refractivity contribution in [2.75, 3.05) is 5.32 Å². The van der Waals surface area contributed by atoms with E-state index in [1.54, 1.807) is 13.8 Å². The van der Waals surface area contributed by atoms with Gasteiger partial charge >= 0.3 is 0 Å². The molecular formula is C33H38N6O10. The Hall–Kier alpha value is -5.61. The molecule has 0 saturated carbocycles. The van der Waals surface area contributed by atoms with Crippen LogP contribution < -0.4 is 32.3 Å². The summed E-state index contributed by atoms with van der Waals surface area (Å²) in [4.78, 5) is 91.8. The van der Waals surface area contributed by atoms with Gasteiger partial charge in [-0.1, -0.05) is 44.2 Å². The number of Topliss-reactive ketones (excluding diaryl/α,β-unsaturated/α-hetero) is 1. The number of phenolic OH excluding ortho intramolecular Hbond substituents is 1. The van der Waals surface area contributed by atoms with E-state index in [1.165, 1.54) is 49.4 Å². The number of ketones is 1. The van der Waals surface area contributed by atoms with Crippen molar-refractivity contribution in [3.8, 4) is 16.9 Å². The third kappa shape index (κ3) is 7.29. The third-order valence-electron chi connectivity index (χ3n) is 8.51. The van der Waals surface area contributed by atoms with Crippen molar-refractivity contribution >= 4 is 46.9 Å². The van der Waals surface area contributed by atoms with Crippen molar-refractivity contribution in [3.63, 3.8) is 0 Å². The number of hydrogen-bond acceptors (Lipinski definition) is 10. The molecular weight excluding hydrogens is 640 g/mol. The molecule has 2 aromatic rings. The first-order valence-electron chi connectivity index (χ1n) is 15.5. The topological polar surface area (TPSA) is 266 Å². The number of nitrogens with two attached hydrogens (primary N) is 1. The molecule has 0 fully saturated rings. The first kappa shape index (κ1) is 36.2. The molecule has 0 saturated heterocycles. The molecule has 6 bridgehead atoms. The van der Waals surface area contributed by atoms with Crippen LogP contribution in [-0.2, 0) is 45.6 Å². The second-order valence-electron chi connectivity index (χ2n) is 11.9. The molecule has 0 aromatic heterocycles. The Morgan fingerprint density at radius 1 is 1.08 bits per heavy atom. The lowest BCUT2D eigenvalue weighted by molar-refractivity contribution is -0.155. The van der Waals surface area contributed by atoms with Gasteiger partial charge in [0.2, 0.25) is 29.4 Å². The number of allylic oxidation sites excluding steroid dienone is 1. The average Bonchev–Trinajstić information content (AvgIpc) is 3.34. The van der Waals surface area contributed by atoms with Crippen molar-refractivity contribution in [2.45, 2.75) is 69.9 Å². The number of rotatable bonds is 8. The van der Waals surface area contributed by atoms with Gasteiger partial charge in [-0.05, 0) is 37.2 Å². The number of carbonyl (C=O) groups excluding carboxylic acids is 7. The van der Waals surface area contributed by atoms with Crippen LogP contribution >= 0.6 is 0 Å². The van der Waals surface area contributed by atoms with E-state index < -0.39 is 83.4 Å². The van der Waals surface area contributed by atoms with Gasteiger partial charge in [-0.3, -0.25) is 33.6 Å². The summed E-state index contributed by atoms with van der Waals surface area (Å²) in [5.74, 6) is -8.38. The number of nitrogens with one attached hydrogen (secondary N) is 5. The van der Waals surface area contributed by atoms with Crippen molar-refractivity contribution in [1.29, 1.82) is 0 Å². The summed E-state index contributed by atoms with van der Waals surface area (Å²) < 4.78 is 0. The number of aliphatic hydroxyl groups is 2. The molecule has 49 heavy (non-hydrogen) atoms. The summed E-state index contributed by atoms with van der Waals surface area (Å²) in [5, 5.41) is 46.0. The molecule has 0 spiro atoms. The summed E-state index contributed by atoms with van der Waals surface area (Å²) >= 11 is 0. The Balaban J connectivity index is 1.93. The number of phenols is 1. The molecule has 10 N–H and O–H groups in total. The summed E-state index contributed by atoms with van der Waals surface area (Å²) in [5.41, 5.74) is 2.95. The molecule has 6 atom stereocenters. The maximum atomic E-state index is 13.7. The highest BCUT2D eigenvalue weighted by Gasteiger charge is 2.56. The average molecular weight is 679 g/mol. The van der Waals surface area contributed by atoms with E-state index in [1.807, 2.05) is 0 Å². The molecule has 260 valence electrons. The lowest BCUT2D eigenvalue weighted by Gasteiger charge is -2.33. The number of para-hydroxylation sites is 1. The van der Waals surface area contributed by atoms with E-state index in [9.17, 15) is 48.9 Å². The molecule has 0 unspecified atom stereocenters. The zero-order valence-electron chi connectivity index (χ0n) is 26.9. The van der Waals surface area contributed by atoms with Gasteiger partial charge in [0, 0.05) is 29.0 Å². The fourth-order valence-corrected chi connectivity index (χ4v) is 5.58. The minimum atomic E-state index is -2.83. The van der Waals surface area contributed by atoms with Gasteiger partial charge in [-0.25, -0.2) is 0 Å². The minimum Gasteiger partial charge on any atom is -0.507 e. The Bertz CT molecular complexity index is 1740. The number of primary amides is 1. The van der Waals surface area contributed by atoms with E-state index in [2.05, 4.69) is 26.6 Å². The van der Waals surface area contributed by atoms with Gasteiger partial charge in [0.25, 0.3) is 11.8 Å². The van der Waals surface area contributed by atoms with Crippen LogP contribution in [0.4, 0.5) is 5.69 Å². The number of fused-ring (bicyclic) bond motifs is 3. The van der Waals surface area contributed by atoms with Crippen molar-refractivity contribution in [2.24, 2.45) is 11.7 Å². The van der Waals surface area contributed by atoms with Gasteiger partial charge in [-0.15, -0.1) is 0 Å². The smallest absolute Gasteiger partial charge is 0.288 e. The number of aromatic hydroxyl groups is 1. The molecule has 2 heterocycles. The second-order valence-corrected chi connectivity index (χ2v) is 11.9. The quantitative estimate of drug-likeness (QED) is 0.149. The van der Waals surface area contributed by atoms with Crippen molar-refractivity contribution in [1.82, 2.24) is 21.3 Å². The highest BCUT2D eigenvalue weighted by molar-refractivity contribution is 6.37. The zero-order chi connectivity index (χ0) is 36.2. The standard InChI is InChI=1S/C33H38N6O10/c1-4-11-35-30(46)25-27(43)33(49)19-8-6-7-17(24(19)39-32(33)48)18-12-16(9-10-22(18)40)13-20(37-31(47)26(42)15(3)5-2)28(44)36-21(14-23(34)41)29(45)38-25/h4,6-12,15,20-21,25,27,40,43,49H,5,13-14H2,1-3H3,(H2,34,41)(H,35,46)(H,36,44)(H,37,47)(H,38,45)(H,39,48)/b11-4+/t15-,20-,21-,25-,27+,33-/m0/s1. The Morgan fingerprint density at radius 2 is 1.80 bits per heavy atom. The van der Waals surface area contributed by atoms with Gasteiger partial charge in [-0.2, -0.15) is 0 Å². The van der Waals surface area contributed by atoms with E-state index in [4.69, 9.17) is 5.73 Å². The molecule has 16 nitrogen and oxygen atoms in total. The third-order valence-corrected chi connectivity index (χ3v) is 8.51. The van der Waals surface area contributed by atoms with E-state index >= 15 is 0 Å². The monoisotopic (exact) mass is 678 g/mol. The van der Waals surface area contributed by atoms with Crippen molar-refractivity contribution < 1.29 is 48.9 Å². The summed E-state index contributed by atoms with van der Waals surface area (Å²) in [6, 6.07) is 3.02. The van der Waals surface area contributed by atoms with Crippen LogP contribution in [0.2, 0.25) is 0 Å². The van der Waals surface area contributed by atoms with Gasteiger partial charge in [0.05, 0.1) is 12.1 Å². The van der Waals surface area contributed by atoms with Gasteiger partial charge in [0.15, 0.2) is 5.60 Å². The predicted molar refractivity (Wildman–Crippen MR) is 173 cm³/mol. The van der Waals surface area contributed by atoms with Gasteiger partial charge in [0.1, 0.15) is 30.0 Å². The Labute approximate surface area is 280 Å². The van der Waals surface area contributed by atoms with Crippen LogP contribution in [0.25, 0.3) is 11.1 Å². The summed E-state index contributed by atoms with van der Waals surface area (Å²) in [7, 11) is 0. The van der Waals surface area contributed by atoms with Crippen LogP contribution in [0.3, 0.4) is 0 Å². The number of aliphatic hydroxyl groups excluding tert-OH is 1. The zero-order valence-corrected chi connectivity index (χ0v) is 26.9. The van der Waals surface area contributed by atoms with Crippen LogP contribution in [0.1, 0.15) is 44.7 Å². The second kappa shape index (κ2) is 14.7. The molecule has 6 amide bonds. The fraction of sp³-hybridized carbons (Fsp3) is 0.364. The van der Waals surface area contributed by atoms with Gasteiger partial charge < -0.3 is 47.6 Å². The minimum absolute atomic E-state index is 0.0270. The molecule has 2 aliphatic heterocycles. The number of anilines is 1. The van der Waals surface area contributed by atoms with Crippen LogP contribution in [0, 0.1) is 5.92 Å². The molecule has 2 aliphatic rings. The molecule has 0 aliphatic carbocycles. The fourth-order valence-electron chi connectivity index (χ4n) is 5.58. The normalized spacial score (nSPS) is 24.3. The Kier molecular flexibility index (Phi) is 10.8. The largest absolute Gasteiger partial charge is 0.507 e. The highest BCUT2D eigenvalue weighted by Crippen LogP contribution is 2.46. The first-order valence-corrected chi connectivity index (χ1v) is 15.5.